The highest BCUT2D eigenvalue weighted by Crippen LogP contribution is 2.39. The zero-order valence-electron chi connectivity index (χ0n) is 18.2. The van der Waals surface area contributed by atoms with Crippen LogP contribution in [0.4, 0.5) is 30.7 Å². The van der Waals surface area contributed by atoms with Gasteiger partial charge < -0.3 is 4.74 Å². The number of ether oxygens (including phenoxy) is 1. The molecule has 13 heteroatoms. The van der Waals surface area contributed by atoms with E-state index in [0.717, 1.165) is 4.31 Å². The van der Waals surface area contributed by atoms with E-state index in [1.165, 1.54) is 30.5 Å². The first-order valence-corrected chi connectivity index (χ1v) is 11.9. The minimum absolute atomic E-state index is 0.0188. The minimum atomic E-state index is -5.21. The van der Waals surface area contributed by atoms with Crippen LogP contribution in [0.3, 0.4) is 0 Å². The quantitative estimate of drug-likeness (QED) is 0.393. The molecule has 0 spiro atoms. The molecule has 0 N–H and O–H groups in total. The number of fused-ring (bicyclic) bond motifs is 1. The second-order valence-electron chi connectivity index (χ2n) is 7.93. The van der Waals surface area contributed by atoms with Crippen molar-refractivity contribution in [3.05, 3.63) is 77.2 Å². The van der Waals surface area contributed by atoms with E-state index < -0.39 is 50.8 Å². The minimum Gasteiger partial charge on any atom is -0.477 e. The number of pyridine rings is 1. The molecule has 2 heterocycles. The predicted molar refractivity (Wildman–Crippen MR) is 114 cm³/mol. The third-order valence-electron chi connectivity index (χ3n) is 5.48. The molecule has 4 rings (SSSR count). The van der Waals surface area contributed by atoms with Crippen molar-refractivity contribution in [1.29, 1.82) is 0 Å². The van der Waals surface area contributed by atoms with Gasteiger partial charge in [0.2, 0.25) is 15.9 Å². The highest BCUT2D eigenvalue weighted by molar-refractivity contribution is 7.89. The van der Waals surface area contributed by atoms with Gasteiger partial charge in [0, 0.05) is 24.8 Å². The van der Waals surface area contributed by atoms with Crippen molar-refractivity contribution in [2.45, 2.75) is 30.2 Å². The number of hydrogen-bond acceptors (Lipinski definition) is 4. The fourth-order valence-electron chi connectivity index (χ4n) is 3.77. The summed E-state index contributed by atoms with van der Waals surface area (Å²) in [4.78, 5) is 2.93. The maximum Gasteiger partial charge on any atom is 0.416 e. The molecule has 192 valence electrons. The Labute approximate surface area is 201 Å². The van der Waals surface area contributed by atoms with Crippen LogP contribution < -0.4 is 4.74 Å². The van der Waals surface area contributed by atoms with Crippen molar-refractivity contribution < 1.29 is 43.9 Å². The average Bonchev–Trinajstić information content (AvgIpc) is 2.77. The van der Waals surface area contributed by atoms with Gasteiger partial charge >= 0.3 is 12.4 Å². The Hall–Kier alpha value is -3.19. The second kappa shape index (κ2) is 9.36. The Bertz CT molecular complexity index is 1360. The lowest BCUT2D eigenvalue weighted by Crippen LogP contribution is -2.34. The second-order valence-corrected chi connectivity index (χ2v) is 9.87. The SMILES string of the molecule is O=S(=O)(c1cc(C(F)(F)F)cc(C(F)(F)F)c1)N1CCCOc2nccc(-c3cccc(F)c3)c2C1. The molecule has 0 fully saturated rings. The van der Waals surface area contributed by atoms with E-state index in [-0.39, 0.29) is 49.2 Å². The molecular formula is C23H17F7N2O3S. The third kappa shape index (κ3) is 5.31. The van der Waals surface area contributed by atoms with Crippen molar-refractivity contribution in [3.8, 4) is 17.0 Å². The molecule has 0 atom stereocenters. The number of sulfonamides is 1. The largest absolute Gasteiger partial charge is 0.477 e. The summed E-state index contributed by atoms with van der Waals surface area (Å²) in [6.45, 7) is -0.749. The molecule has 0 bridgehead atoms. The van der Waals surface area contributed by atoms with Gasteiger partial charge in [-0.3, -0.25) is 0 Å². The Morgan fingerprint density at radius 3 is 2.19 bits per heavy atom. The van der Waals surface area contributed by atoms with Crippen LogP contribution in [0, 0.1) is 5.82 Å². The summed E-state index contributed by atoms with van der Waals surface area (Å²) in [6.07, 6.45) is -8.97. The van der Waals surface area contributed by atoms with Crippen LogP contribution in [0.25, 0.3) is 11.1 Å². The summed E-state index contributed by atoms with van der Waals surface area (Å²) in [7, 11) is -4.84. The van der Waals surface area contributed by atoms with Gasteiger partial charge in [-0.25, -0.2) is 17.8 Å². The summed E-state index contributed by atoms with van der Waals surface area (Å²) in [6, 6.07) is 7.07. The van der Waals surface area contributed by atoms with Crippen LogP contribution in [0.1, 0.15) is 23.1 Å². The average molecular weight is 534 g/mol. The predicted octanol–water partition coefficient (Wildman–Crippen LogP) is 5.90. The first kappa shape index (κ1) is 25.9. The summed E-state index contributed by atoms with van der Waals surface area (Å²) in [5, 5.41) is 0. The van der Waals surface area contributed by atoms with E-state index >= 15 is 0 Å². The normalized spacial score (nSPS) is 15.5. The van der Waals surface area contributed by atoms with Crippen LogP contribution in [0.2, 0.25) is 0 Å². The molecule has 0 radical (unpaired) electrons. The van der Waals surface area contributed by atoms with Crippen molar-refractivity contribution in [3.63, 3.8) is 0 Å². The summed E-state index contributed by atoms with van der Waals surface area (Å²) in [5.41, 5.74) is -2.59. The summed E-state index contributed by atoms with van der Waals surface area (Å²) < 4.78 is 127. The maximum atomic E-state index is 13.8. The van der Waals surface area contributed by atoms with Crippen LogP contribution in [0.5, 0.6) is 5.88 Å². The smallest absolute Gasteiger partial charge is 0.416 e. The molecule has 1 aliphatic rings. The summed E-state index contributed by atoms with van der Waals surface area (Å²) >= 11 is 0. The lowest BCUT2D eigenvalue weighted by atomic mass is 10.0. The number of rotatable bonds is 3. The van der Waals surface area contributed by atoms with Crippen LogP contribution >= 0.6 is 0 Å². The number of hydrogen-bond donors (Lipinski definition) is 0. The van der Waals surface area contributed by atoms with Crippen LogP contribution in [0.15, 0.2) is 59.6 Å². The first-order chi connectivity index (χ1) is 16.8. The van der Waals surface area contributed by atoms with Crippen molar-refractivity contribution >= 4 is 10.0 Å². The van der Waals surface area contributed by atoms with Crippen LogP contribution in [-0.4, -0.2) is 30.9 Å². The number of benzene rings is 2. The number of halogens is 7. The van der Waals surface area contributed by atoms with Gasteiger partial charge in [-0.05, 0) is 53.9 Å². The topological polar surface area (TPSA) is 59.5 Å². The number of aromatic nitrogens is 1. The molecule has 0 unspecified atom stereocenters. The summed E-state index contributed by atoms with van der Waals surface area (Å²) in [5.74, 6) is -0.547. The van der Waals surface area contributed by atoms with Crippen molar-refractivity contribution in [1.82, 2.24) is 9.29 Å². The highest BCUT2D eigenvalue weighted by Gasteiger charge is 2.39. The monoisotopic (exact) mass is 534 g/mol. The van der Waals surface area contributed by atoms with Gasteiger partial charge in [0.15, 0.2) is 0 Å². The van der Waals surface area contributed by atoms with E-state index in [4.69, 9.17) is 4.74 Å². The molecule has 0 saturated heterocycles. The fraction of sp³-hybridized carbons (Fsp3) is 0.261. The van der Waals surface area contributed by atoms with Crippen LogP contribution in [-0.2, 0) is 28.9 Å². The lowest BCUT2D eigenvalue weighted by Gasteiger charge is -2.27. The Balaban J connectivity index is 1.83. The molecule has 0 aliphatic carbocycles. The Kier molecular flexibility index (Phi) is 6.73. The molecule has 0 amide bonds. The number of nitrogens with zero attached hydrogens (tertiary/aromatic N) is 2. The number of alkyl halides is 6. The van der Waals surface area contributed by atoms with E-state index in [2.05, 4.69) is 4.98 Å². The third-order valence-corrected chi connectivity index (χ3v) is 7.30. The van der Waals surface area contributed by atoms with E-state index in [0.29, 0.717) is 11.1 Å². The van der Waals surface area contributed by atoms with Crippen molar-refractivity contribution in [2.24, 2.45) is 0 Å². The van der Waals surface area contributed by atoms with Gasteiger partial charge in [-0.1, -0.05) is 12.1 Å². The van der Waals surface area contributed by atoms with Gasteiger partial charge in [-0.15, -0.1) is 0 Å². The molecule has 36 heavy (non-hydrogen) atoms. The standard InChI is InChI=1S/C23H17F7N2O3S/c24-17-4-1-3-14(9-17)19-5-6-31-21-20(19)13-32(7-2-8-35-21)36(33,34)18-11-15(22(25,26)27)10-16(12-18)23(28,29)30/h1,3-6,9-12H,2,7-8,13H2. The molecule has 5 nitrogen and oxygen atoms in total. The molecule has 1 aromatic heterocycles. The fourth-order valence-corrected chi connectivity index (χ4v) is 5.29. The maximum absolute atomic E-state index is 13.8. The van der Waals surface area contributed by atoms with E-state index in [1.807, 2.05) is 0 Å². The van der Waals surface area contributed by atoms with Crippen molar-refractivity contribution in [2.75, 3.05) is 13.2 Å². The molecule has 1 aliphatic heterocycles. The van der Waals surface area contributed by atoms with Gasteiger partial charge in [0.05, 0.1) is 22.6 Å². The molecule has 0 saturated carbocycles. The van der Waals surface area contributed by atoms with Gasteiger partial charge in [-0.2, -0.15) is 30.6 Å². The molecule has 2 aromatic carbocycles. The first-order valence-electron chi connectivity index (χ1n) is 10.4. The lowest BCUT2D eigenvalue weighted by molar-refractivity contribution is -0.143. The van der Waals surface area contributed by atoms with E-state index in [9.17, 15) is 39.2 Å². The zero-order valence-corrected chi connectivity index (χ0v) is 19.0. The van der Waals surface area contributed by atoms with Gasteiger partial charge in [0.1, 0.15) is 5.82 Å². The van der Waals surface area contributed by atoms with Gasteiger partial charge in [0.25, 0.3) is 0 Å². The Morgan fingerprint density at radius 1 is 0.917 bits per heavy atom. The zero-order chi connectivity index (χ0) is 26.3. The molecular weight excluding hydrogens is 517 g/mol. The van der Waals surface area contributed by atoms with E-state index in [1.54, 1.807) is 6.07 Å². The Morgan fingerprint density at radius 2 is 1.58 bits per heavy atom. The molecule has 3 aromatic rings. The highest BCUT2D eigenvalue weighted by atomic mass is 32.2.